The summed E-state index contributed by atoms with van der Waals surface area (Å²) in [7, 11) is 1.67. The Balaban J connectivity index is 2.57. The molecule has 0 unspecified atom stereocenters. The molecule has 0 saturated carbocycles. The smallest absolute Gasteiger partial charge is 0.201 e. The van der Waals surface area contributed by atoms with E-state index in [2.05, 4.69) is 4.98 Å². The number of methoxy groups -OCH3 is 1. The third-order valence-corrected chi connectivity index (χ3v) is 3.63. The van der Waals surface area contributed by atoms with Crippen molar-refractivity contribution >= 4 is 40.2 Å². The third-order valence-electron chi connectivity index (χ3n) is 2.91. The van der Waals surface area contributed by atoms with Crippen LogP contribution in [0.2, 0.25) is 10.0 Å². The summed E-state index contributed by atoms with van der Waals surface area (Å²) in [5, 5.41) is 0.959. The number of anilines is 1. The molecule has 0 fully saturated rings. The minimum Gasteiger partial charge on any atom is -0.377 e. The fourth-order valence-corrected chi connectivity index (χ4v) is 2.07. The highest BCUT2D eigenvalue weighted by Crippen LogP contribution is 2.30. The largest absolute Gasteiger partial charge is 0.377 e. The van der Waals surface area contributed by atoms with Crippen LogP contribution in [0.15, 0.2) is 12.1 Å². The Morgan fingerprint density at radius 3 is 2.56 bits per heavy atom. The van der Waals surface area contributed by atoms with Gasteiger partial charge in [-0.1, -0.05) is 23.2 Å². The highest BCUT2D eigenvalue weighted by Gasteiger charge is 2.21. The third kappa shape index (κ3) is 2.41. The van der Waals surface area contributed by atoms with Crippen molar-refractivity contribution < 1.29 is 4.74 Å². The molecule has 1 heterocycles. The highest BCUT2D eigenvalue weighted by atomic mass is 35.5. The lowest BCUT2D eigenvalue weighted by atomic mass is 10.1. The van der Waals surface area contributed by atoms with Gasteiger partial charge in [-0.2, -0.15) is 0 Å². The van der Waals surface area contributed by atoms with Gasteiger partial charge in [0.2, 0.25) is 5.95 Å². The van der Waals surface area contributed by atoms with E-state index in [-0.39, 0.29) is 5.60 Å². The van der Waals surface area contributed by atoms with Crippen molar-refractivity contribution in [2.75, 3.05) is 12.8 Å². The number of benzene rings is 1. The second-order valence-electron chi connectivity index (χ2n) is 4.77. The molecular weight excluding hydrogens is 273 g/mol. The molecule has 0 saturated heterocycles. The summed E-state index contributed by atoms with van der Waals surface area (Å²) in [6, 6.07) is 3.49. The standard InChI is InChI=1S/C12H15Cl2N3O/c1-12(2,18-3)6-17-10-5-8(14)7(13)4-9(10)16-11(17)15/h4-5H,6H2,1-3H3,(H2,15,16). The number of rotatable bonds is 3. The number of aromatic nitrogens is 2. The Morgan fingerprint density at radius 1 is 1.33 bits per heavy atom. The fourth-order valence-electron chi connectivity index (χ4n) is 1.75. The molecule has 98 valence electrons. The van der Waals surface area contributed by atoms with Gasteiger partial charge in [0.15, 0.2) is 0 Å². The summed E-state index contributed by atoms with van der Waals surface area (Å²) in [6.07, 6.45) is 0. The van der Waals surface area contributed by atoms with Crippen molar-refractivity contribution in [3.8, 4) is 0 Å². The summed E-state index contributed by atoms with van der Waals surface area (Å²) >= 11 is 12.0. The maximum absolute atomic E-state index is 6.03. The van der Waals surface area contributed by atoms with Crippen LogP contribution in [-0.2, 0) is 11.3 Å². The van der Waals surface area contributed by atoms with Crippen LogP contribution in [0.5, 0.6) is 0 Å². The Morgan fingerprint density at radius 2 is 1.94 bits per heavy atom. The van der Waals surface area contributed by atoms with Crippen molar-refractivity contribution in [1.82, 2.24) is 9.55 Å². The zero-order chi connectivity index (χ0) is 13.5. The molecule has 0 aliphatic heterocycles. The molecule has 1 aromatic heterocycles. The number of fused-ring (bicyclic) bond motifs is 1. The normalized spacial score (nSPS) is 12.3. The second-order valence-corrected chi connectivity index (χ2v) is 5.59. The molecule has 18 heavy (non-hydrogen) atoms. The first-order chi connectivity index (χ1) is 8.34. The summed E-state index contributed by atoms with van der Waals surface area (Å²) in [6.45, 7) is 4.55. The average molecular weight is 288 g/mol. The molecule has 0 aliphatic rings. The zero-order valence-corrected chi connectivity index (χ0v) is 12.0. The molecule has 1 aromatic carbocycles. The molecule has 0 bridgehead atoms. The first kappa shape index (κ1) is 13.5. The van der Waals surface area contributed by atoms with E-state index in [1.54, 1.807) is 19.2 Å². The van der Waals surface area contributed by atoms with Gasteiger partial charge in [0, 0.05) is 7.11 Å². The summed E-state index contributed by atoms with van der Waals surface area (Å²) in [4.78, 5) is 4.28. The van der Waals surface area contributed by atoms with Gasteiger partial charge in [-0.15, -0.1) is 0 Å². The highest BCUT2D eigenvalue weighted by molar-refractivity contribution is 6.42. The van der Waals surface area contributed by atoms with E-state index < -0.39 is 0 Å². The summed E-state index contributed by atoms with van der Waals surface area (Å²) in [5.41, 5.74) is 7.17. The van der Waals surface area contributed by atoms with Gasteiger partial charge in [-0.05, 0) is 26.0 Å². The van der Waals surface area contributed by atoms with Gasteiger partial charge in [0.25, 0.3) is 0 Å². The molecule has 2 N–H and O–H groups in total. The number of halogens is 2. The van der Waals surface area contributed by atoms with E-state index >= 15 is 0 Å². The van der Waals surface area contributed by atoms with Crippen molar-refractivity contribution in [3.05, 3.63) is 22.2 Å². The van der Waals surface area contributed by atoms with Crippen LogP contribution in [0, 0.1) is 0 Å². The maximum Gasteiger partial charge on any atom is 0.201 e. The average Bonchev–Trinajstić information content (AvgIpc) is 2.57. The van der Waals surface area contributed by atoms with Crippen LogP contribution in [0.3, 0.4) is 0 Å². The van der Waals surface area contributed by atoms with Gasteiger partial charge >= 0.3 is 0 Å². The SMILES string of the molecule is COC(C)(C)Cn1c(N)nc2cc(Cl)c(Cl)cc21. The molecule has 0 atom stereocenters. The Hall–Kier alpha value is -0.970. The fraction of sp³-hybridized carbons (Fsp3) is 0.417. The molecular formula is C12H15Cl2N3O. The number of nitrogens with two attached hydrogens (primary N) is 1. The number of hydrogen-bond donors (Lipinski definition) is 1. The van der Waals surface area contributed by atoms with Crippen LogP contribution >= 0.6 is 23.2 Å². The van der Waals surface area contributed by atoms with E-state index in [0.29, 0.717) is 22.5 Å². The Labute approximate surface area is 116 Å². The molecule has 4 nitrogen and oxygen atoms in total. The first-order valence-electron chi connectivity index (χ1n) is 5.50. The molecule has 6 heteroatoms. The molecule has 0 aliphatic carbocycles. The number of ether oxygens (including phenoxy) is 1. The predicted octanol–water partition coefficient (Wildman–Crippen LogP) is 3.35. The van der Waals surface area contributed by atoms with Gasteiger partial charge < -0.3 is 15.0 Å². The lowest BCUT2D eigenvalue weighted by Gasteiger charge is -2.24. The minimum atomic E-state index is -0.339. The van der Waals surface area contributed by atoms with Crippen LogP contribution in [0.25, 0.3) is 11.0 Å². The van der Waals surface area contributed by atoms with Crippen molar-refractivity contribution in [2.45, 2.75) is 26.0 Å². The molecule has 0 spiro atoms. The number of imidazole rings is 1. The van der Waals surface area contributed by atoms with Crippen molar-refractivity contribution in [1.29, 1.82) is 0 Å². The van der Waals surface area contributed by atoms with Crippen molar-refractivity contribution in [2.24, 2.45) is 0 Å². The quantitative estimate of drug-likeness (QED) is 0.942. The van der Waals surface area contributed by atoms with Crippen LogP contribution in [0.1, 0.15) is 13.8 Å². The van der Waals surface area contributed by atoms with Crippen LogP contribution in [-0.4, -0.2) is 22.3 Å². The Kier molecular flexibility index (Phi) is 3.45. The molecule has 2 aromatic rings. The number of nitrogens with zero attached hydrogens (tertiary/aromatic N) is 2. The van der Waals surface area contributed by atoms with Gasteiger partial charge in [-0.25, -0.2) is 4.98 Å². The maximum atomic E-state index is 6.03. The van der Waals surface area contributed by atoms with Gasteiger partial charge in [-0.3, -0.25) is 0 Å². The predicted molar refractivity (Wildman–Crippen MR) is 75.3 cm³/mol. The van der Waals surface area contributed by atoms with Crippen molar-refractivity contribution in [3.63, 3.8) is 0 Å². The van der Waals surface area contributed by atoms with E-state index in [1.807, 2.05) is 18.4 Å². The Bertz CT molecular complexity index is 593. The van der Waals surface area contributed by atoms with Crippen LogP contribution < -0.4 is 5.73 Å². The molecule has 0 amide bonds. The summed E-state index contributed by atoms with van der Waals surface area (Å²) < 4.78 is 7.28. The number of nitrogen functional groups attached to an aromatic ring is 1. The lowest BCUT2D eigenvalue weighted by Crippen LogP contribution is -2.29. The second kappa shape index (κ2) is 4.61. The zero-order valence-electron chi connectivity index (χ0n) is 10.5. The minimum absolute atomic E-state index is 0.339. The molecule has 2 rings (SSSR count). The van der Waals surface area contributed by atoms with E-state index in [1.165, 1.54) is 0 Å². The summed E-state index contributed by atoms with van der Waals surface area (Å²) in [5.74, 6) is 0.424. The monoisotopic (exact) mass is 287 g/mol. The molecule has 0 radical (unpaired) electrons. The van der Waals surface area contributed by atoms with E-state index in [0.717, 1.165) is 11.0 Å². The van der Waals surface area contributed by atoms with E-state index in [9.17, 15) is 0 Å². The topological polar surface area (TPSA) is 53.1 Å². The lowest BCUT2D eigenvalue weighted by molar-refractivity contribution is 0.00947. The first-order valence-corrected chi connectivity index (χ1v) is 6.25. The number of hydrogen-bond acceptors (Lipinski definition) is 3. The van der Waals surface area contributed by atoms with Gasteiger partial charge in [0.1, 0.15) is 0 Å². The van der Waals surface area contributed by atoms with E-state index in [4.69, 9.17) is 33.7 Å². The van der Waals surface area contributed by atoms with Crippen LogP contribution in [0.4, 0.5) is 5.95 Å². The van der Waals surface area contributed by atoms with Gasteiger partial charge in [0.05, 0.1) is 33.2 Å².